The Kier molecular flexibility index (Phi) is 5.63. The molecule has 0 spiro atoms. The highest BCUT2D eigenvalue weighted by molar-refractivity contribution is 9.11. The van der Waals surface area contributed by atoms with Crippen molar-refractivity contribution in [2.45, 2.75) is 0 Å². The van der Waals surface area contributed by atoms with Crippen molar-refractivity contribution in [2.24, 2.45) is 0 Å². The molecule has 0 unspecified atom stereocenters. The Balaban J connectivity index is 1.74. The zero-order chi connectivity index (χ0) is 24.0. The number of ketones is 2. The number of phenolic OH excluding ortho intramolecular Hbond substituents is 2. The minimum atomic E-state index is -0.658. The summed E-state index contributed by atoms with van der Waals surface area (Å²) in [6.07, 6.45) is 0. The average molecular weight is 580 g/mol. The van der Waals surface area contributed by atoms with Gasteiger partial charge in [-0.2, -0.15) is 0 Å². The van der Waals surface area contributed by atoms with Crippen LogP contribution in [0.15, 0.2) is 81.7 Å². The van der Waals surface area contributed by atoms with E-state index < -0.39 is 11.6 Å². The third-order valence-electron chi connectivity index (χ3n) is 5.52. The van der Waals surface area contributed by atoms with E-state index in [9.17, 15) is 19.8 Å². The number of carbonyl (C=O) groups is 2. The lowest BCUT2D eigenvalue weighted by Gasteiger charge is -2.25. The number of benzene rings is 4. The van der Waals surface area contributed by atoms with E-state index in [0.717, 1.165) is 0 Å². The van der Waals surface area contributed by atoms with Crippen LogP contribution >= 0.6 is 31.9 Å². The molecule has 0 heterocycles. The molecule has 8 heteroatoms. The number of halogens is 2. The lowest BCUT2D eigenvalue weighted by molar-refractivity contribution is 0.0975. The Labute approximate surface area is 211 Å². The van der Waals surface area contributed by atoms with Gasteiger partial charge in [-0.25, -0.2) is 0 Å². The quantitative estimate of drug-likeness (QED) is 0.173. The molecule has 1 aliphatic carbocycles. The molecule has 0 saturated heterocycles. The van der Waals surface area contributed by atoms with Gasteiger partial charge >= 0.3 is 0 Å². The van der Waals surface area contributed by atoms with Gasteiger partial charge in [0, 0.05) is 11.4 Å². The number of anilines is 4. The van der Waals surface area contributed by atoms with Gasteiger partial charge in [0.1, 0.15) is 11.5 Å². The van der Waals surface area contributed by atoms with E-state index >= 15 is 0 Å². The molecule has 0 saturated carbocycles. The molecule has 0 radical (unpaired) electrons. The summed E-state index contributed by atoms with van der Waals surface area (Å²) in [5.41, 5.74) is 1.81. The predicted molar refractivity (Wildman–Crippen MR) is 138 cm³/mol. The zero-order valence-electron chi connectivity index (χ0n) is 17.4. The second-order valence-electron chi connectivity index (χ2n) is 7.65. The molecule has 6 nitrogen and oxygen atoms in total. The predicted octanol–water partition coefficient (Wildman–Crippen LogP) is 6.89. The summed E-state index contributed by atoms with van der Waals surface area (Å²) in [7, 11) is 0. The normalized spacial score (nSPS) is 12.2. The summed E-state index contributed by atoms with van der Waals surface area (Å²) in [4.78, 5) is 27.6. The second-order valence-corrected chi connectivity index (χ2v) is 9.36. The topological polar surface area (TPSA) is 98.7 Å². The zero-order valence-corrected chi connectivity index (χ0v) is 20.6. The first-order valence-electron chi connectivity index (χ1n) is 10.2. The molecule has 34 heavy (non-hydrogen) atoms. The molecule has 4 N–H and O–H groups in total. The first kappa shape index (κ1) is 22.2. The standard InChI is InChI=1S/C26H16Br2N2O4/c27-15-11-17(29-13-7-3-1-4-8-13)19-21(23(15)31)26(34)22-20(25(19)33)18(12-16(28)24(22)32)30-14-9-5-2-6-10-14/h1-12,29-32H. The van der Waals surface area contributed by atoms with Crippen molar-refractivity contribution in [2.75, 3.05) is 10.6 Å². The number of para-hydroxylation sites is 2. The SMILES string of the molecule is O=C1c2c(Nc3ccccc3)cc(Br)c(O)c2C(=O)c2c(O)c(Br)cc(Nc3ccccc3)c21. The molecule has 168 valence electrons. The summed E-state index contributed by atoms with van der Waals surface area (Å²) < 4.78 is 0.484. The number of hydrogen-bond acceptors (Lipinski definition) is 6. The molecule has 0 amide bonds. The van der Waals surface area contributed by atoms with Crippen LogP contribution in [0.1, 0.15) is 31.8 Å². The van der Waals surface area contributed by atoms with Crippen molar-refractivity contribution in [3.05, 3.63) is 104 Å². The lowest BCUT2D eigenvalue weighted by atomic mass is 9.81. The first-order valence-corrected chi connectivity index (χ1v) is 11.8. The number of nitrogens with one attached hydrogen (secondary N) is 2. The van der Waals surface area contributed by atoms with Crippen molar-refractivity contribution < 1.29 is 19.8 Å². The number of aromatic hydroxyl groups is 2. The second kappa shape index (κ2) is 8.62. The molecule has 0 aromatic heterocycles. The number of fused-ring (bicyclic) bond motifs is 2. The molecule has 1 aliphatic rings. The van der Waals surface area contributed by atoms with Crippen LogP contribution in [0.3, 0.4) is 0 Å². The van der Waals surface area contributed by atoms with Crippen LogP contribution in [0, 0.1) is 0 Å². The minimum absolute atomic E-state index is 0.0277. The number of hydrogen-bond donors (Lipinski definition) is 4. The van der Waals surface area contributed by atoms with Gasteiger partial charge in [0.2, 0.25) is 5.78 Å². The number of carbonyl (C=O) groups excluding carboxylic acids is 2. The first-order chi connectivity index (χ1) is 16.4. The van der Waals surface area contributed by atoms with Crippen LogP contribution in [0.25, 0.3) is 0 Å². The third kappa shape index (κ3) is 3.65. The van der Waals surface area contributed by atoms with Gasteiger partial charge < -0.3 is 20.8 Å². The minimum Gasteiger partial charge on any atom is -0.506 e. The average Bonchev–Trinajstić information content (AvgIpc) is 2.83. The molecule has 4 aromatic carbocycles. The Morgan fingerprint density at radius 3 is 1.29 bits per heavy atom. The van der Waals surface area contributed by atoms with Gasteiger partial charge in [-0.1, -0.05) is 36.4 Å². The fraction of sp³-hybridized carbons (Fsp3) is 0. The van der Waals surface area contributed by atoms with E-state index in [4.69, 9.17) is 0 Å². The van der Waals surface area contributed by atoms with Crippen LogP contribution in [-0.2, 0) is 0 Å². The maximum atomic E-state index is 13.9. The van der Waals surface area contributed by atoms with E-state index in [1.165, 1.54) is 0 Å². The van der Waals surface area contributed by atoms with Gasteiger partial charge in [0.25, 0.3) is 0 Å². The van der Waals surface area contributed by atoms with E-state index in [-0.39, 0.29) is 42.7 Å². The fourth-order valence-corrected chi connectivity index (χ4v) is 4.85. The molecule has 0 atom stereocenters. The Morgan fingerprint density at radius 2 is 0.912 bits per heavy atom. The molecule has 4 aromatic rings. The van der Waals surface area contributed by atoms with Crippen LogP contribution in [0.5, 0.6) is 11.5 Å². The highest BCUT2D eigenvalue weighted by atomic mass is 79.9. The van der Waals surface area contributed by atoms with Crippen molar-refractivity contribution in [3.63, 3.8) is 0 Å². The van der Waals surface area contributed by atoms with E-state index in [0.29, 0.717) is 22.7 Å². The lowest BCUT2D eigenvalue weighted by Crippen LogP contribution is -2.24. The van der Waals surface area contributed by atoms with E-state index in [2.05, 4.69) is 42.5 Å². The Hall–Kier alpha value is -3.62. The van der Waals surface area contributed by atoms with Gasteiger partial charge in [0.05, 0.1) is 42.6 Å². The Bertz CT molecular complexity index is 1360. The van der Waals surface area contributed by atoms with Gasteiger partial charge in [-0.3, -0.25) is 9.59 Å². The van der Waals surface area contributed by atoms with Gasteiger partial charge in [0.15, 0.2) is 5.78 Å². The summed E-state index contributed by atoms with van der Waals surface area (Å²) >= 11 is 6.56. The van der Waals surface area contributed by atoms with Crippen LogP contribution in [-0.4, -0.2) is 21.8 Å². The highest BCUT2D eigenvalue weighted by Crippen LogP contribution is 2.47. The summed E-state index contributed by atoms with van der Waals surface area (Å²) in [5, 5.41) is 27.9. The van der Waals surface area contributed by atoms with Gasteiger partial charge in [-0.15, -0.1) is 0 Å². The number of rotatable bonds is 4. The summed E-state index contributed by atoms with van der Waals surface area (Å²) in [6, 6.07) is 21.5. The highest BCUT2D eigenvalue weighted by Gasteiger charge is 2.39. The Morgan fingerprint density at radius 1 is 0.559 bits per heavy atom. The van der Waals surface area contributed by atoms with Crippen molar-refractivity contribution in [3.8, 4) is 11.5 Å². The van der Waals surface area contributed by atoms with Crippen molar-refractivity contribution in [1.82, 2.24) is 0 Å². The molecule has 5 rings (SSSR count). The molecular formula is C26H16Br2N2O4. The molecule has 0 fully saturated rings. The van der Waals surface area contributed by atoms with E-state index in [1.54, 1.807) is 12.1 Å². The van der Waals surface area contributed by atoms with Crippen molar-refractivity contribution in [1.29, 1.82) is 0 Å². The monoisotopic (exact) mass is 578 g/mol. The number of phenols is 2. The van der Waals surface area contributed by atoms with E-state index in [1.807, 2.05) is 60.7 Å². The molecule has 0 aliphatic heterocycles. The molecule has 0 bridgehead atoms. The van der Waals surface area contributed by atoms with Crippen LogP contribution in [0.4, 0.5) is 22.7 Å². The summed E-state index contributed by atoms with van der Waals surface area (Å²) in [6.45, 7) is 0. The third-order valence-corrected chi connectivity index (χ3v) is 6.73. The maximum Gasteiger partial charge on any atom is 0.202 e. The van der Waals surface area contributed by atoms with Crippen LogP contribution in [0.2, 0.25) is 0 Å². The van der Waals surface area contributed by atoms with Crippen molar-refractivity contribution >= 4 is 66.2 Å². The van der Waals surface area contributed by atoms with Crippen LogP contribution < -0.4 is 10.6 Å². The summed E-state index contributed by atoms with van der Waals surface area (Å²) in [5.74, 6) is -1.90. The molecular weight excluding hydrogens is 564 g/mol. The smallest absolute Gasteiger partial charge is 0.202 e. The van der Waals surface area contributed by atoms with Gasteiger partial charge in [-0.05, 0) is 68.3 Å². The fourth-order valence-electron chi connectivity index (χ4n) is 3.99. The largest absolute Gasteiger partial charge is 0.506 e. The maximum absolute atomic E-state index is 13.9.